The summed E-state index contributed by atoms with van der Waals surface area (Å²) in [5.41, 5.74) is 8.53. The van der Waals surface area contributed by atoms with Crippen LogP contribution < -0.4 is 5.73 Å². The van der Waals surface area contributed by atoms with Gasteiger partial charge >= 0.3 is 0 Å². The van der Waals surface area contributed by atoms with Gasteiger partial charge in [0.1, 0.15) is 5.69 Å². The highest BCUT2D eigenvalue weighted by Crippen LogP contribution is 2.35. The van der Waals surface area contributed by atoms with Crippen LogP contribution in [-0.2, 0) is 12.5 Å². The zero-order chi connectivity index (χ0) is 18.9. The van der Waals surface area contributed by atoms with Crippen molar-refractivity contribution in [3.63, 3.8) is 0 Å². The molecule has 0 unspecified atom stereocenters. The highest BCUT2D eigenvalue weighted by molar-refractivity contribution is 5.99. The van der Waals surface area contributed by atoms with Crippen LogP contribution in [0.25, 0.3) is 11.5 Å². The number of furan rings is 1. The summed E-state index contributed by atoms with van der Waals surface area (Å²) in [6, 6.07) is 14.0. The Hall–Kier alpha value is -2.86. The quantitative estimate of drug-likeness (QED) is 0.772. The van der Waals surface area contributed by atoms with E-state index < -0.39 is 0 Å². The van der Waals surface area contributed by atoms with Crippen LogP contribution in [-0.4, -0.2) is 40.2 Å². The van der Waals surface area contributed by atoms with Crippen molar-refractivity contribution in [1.82, 2.24) is 14.7 Å². The van der Waals surface area contributed by atoms with Gasteiger partial charge in [0.05, 0.1) is 11.8 Å². The molecule has 3 heterocycles. The summed E-state index contributed by atoms with van der Waals surface area (Å²) < 4.78 is 7.11. The Morgan fingerprint density at radius 2 is 1.93 bits per heavy atom. The second kappa shape index (κ2) is 7.04. The Labute approximate surface area is 158 Å². The molecule has 1 amide bonds. The Bertz CT molecular complexity index is 907. The van der Waals surface area contributed by atoms with Crippen molar-refractivity contribution in [2.75, 3.05) is 19.6 Å². The fourth-order valence-electron chi connectivity index (χ4n) is 3.95. The van der Waals surface area contributed by atoms with E-state index >= 15 is 0 Å². The van der Waals surface area contributed by atoms with Gasteiger partial charge in [-0.3, -0.25) is 9.48 Å². The van der Waals surface area contributed by atoms with E-state index in [0.29, 0.717) is 36.7 Å². The summed E-state index contributed by atoms with van der Waals surface area (Å²) in [4.78, 5) is 15.1. The van der Waals surface area contributed by atoms with E-state index in [9.17, 15) is 4.79 Å². The summed E-state index contributed by atoms with van der Waals surface area (Å²) >= 11 is 0. The number of rotatable bonds is 4. The second-order valence-electron chi connectivity index (χ2n) is 7.19. The average molecular weight is 364 g/mol. The van der Waals surface area contributed by atoms with Crippen LogP contribution in [0.1, 0.15) is 28.8 Å². The standard InChI is InChI=1S/C21H24N4O2/c1-24-14-17(19(23-24)18-8-5-13-27-18)20(26)25-11-9-21(15-22,10-12-25)16-6-3-2-4-7-16/h2-8,13-14H,9-12,15,22H2,1H3. The third-order valence-corrected chi connectivity index (χ3v) is 5.60. The van der Waals surface area contributed by atoms with Crippen molar-refractivity contribution in [1.29, 1.82) is 0 Å². The lowest BCUT2D eigenvalue weighted by molar-refractivity contribution is 0.0670. The molecule has 6 heteroatoms. The predicted molar refractivity (Wildman–Crippen MR) is 103 cm³/mol. The van der Waals surface area contributed by atoms with Gasteiger partial charge in [0, 0.05) is 38.3 Å². The Morgan fingerprint density at radius 1 is 1.19 bits per heavy atom. The molecule has 1 aromatic carbocycles. The molecule has 4 rings (SSSR count). The van der Waals surface area contributed by atoms with Crippen LogP contribution in [0.2, 0.25) is 0 Å². The maximum Gasteiger partial charge on any atom is 0.257 e. The lowest BCUT2D eigenvalue weighted by atomic mass is 9.73. The third-order valence-electron chi connectivity index (χ3n) is 5.60. The molecular formula is C21H24N4O2. The first kappa shape index (κ1) is 17.5. The zero-order valence-corrected chi connectivity index (χ0v) is 15.5. The topological polar surface area (TPSA) is 77.3 Å². The average Bonchev–Trinajstić information content (AvgIpc) is 3.37. The highest BCUT2D eigenvalue weighted by Gasteiger charge is 2.37. The zero-order valence-electron chi connectivity index (χ0n) is 15.5. The SMILES string of the molecule is Cn1cc(C(=O)N2CCC(CN)(c3ccccc3)CC2)c(-c2ccco2)n1. The minimum Gasteiger partial charge on any atom is -0.463 e. The van der Waals surface area contributed by atoms with Crippen molar-refractivity contribution in [2.45, 2.75) is 18.3 Å². The molecule has 27 heavy (non-hydrogen) atoms. The number of nitrogens with two attached hydrogens (primary N) is 1. The van der Waals surface area contributed by atoms with E-state index in [1.165, 1.54) is 5.56 Å². The minimum atomic E-state index is -0.0587. The number of nitrogens with zero attached hydrogens (tertiary/aromatic N) is 3. The summed E-state index contributed by atoms with van der Waals surface area (Å²) in [6.45, 7) is 1.94. The van der Waals surface area contributed by atoms with Crippen molar-refractivity contribution in [2.24, 2.45) is 12.8 Å². The predicted octanol–water partition coefficient (Wildman–Crippen LogP) is 2.81. The van der Waals surface area contributed by atoms with E-state index in [1.54, 1.807) is 23.2 Å². The van der Waals surface area contributed by atoms with Gasteiger partial charge in [-0.1, -0.05) is 30.3 Å². The number of amides is 1. The van der Waals surface area contributed by atoms with E-state index in [4.69, 9.17) is 10.2 Å². The van der Waals surface area contributed by atoms with Crippen LogP contribution in [0.4, 0.5) is 0 Å². The van der Waals surface area contributed by atoms with Crippen LogP contribution in [0, 0.1) is 0 Å². The second-order valence-corrected chi connectivity index (χ2v) is 7.19. The lowest BCUT2D eigenvalue weighted by Crippen LogP contribution is -2.48. The number of aromatic nitrogens is 2. The van der Waals surface area contributed by atoms with Crippen LogP contribution >= 0.6 is 0 Å². The molecule has 2 N–H and O–H groups in total. The molecule has 1 saturated heterocycles. The van der Waals surface area contributed by atoms with Crippen molar-refractivity contribution in [3.8, 4) is 11.5 Å². The van der Waals surface area contributed by atoms with Crippen molar-refractivity contribution >= 4 is 5.91 Å². The number of likely N-dealkylation sites (tertiary alicyclic amines) is 1. The van der Waals surface area contributed by atoms with E-state index in [0.717, 1.165) is 12.8 Å². The van der Waals surface area contributed by atoms with Gasteiger partial charge < -0.3 is 15.1 Å². The van der Waals surface area contributed by atoms with E-state index in [2.05, 4.69) is 29.4 Å². The van der Waals surface area contributed by atoms with Crippen molar-refractivity contribution < 1.29 is 9.21 Å². The summed E-state index contributed by atoms with van der Waals surface area (Å²) in [7, 11) is 1.81. The van der Waals surface area contributed by atoms with Crippen LogP contribution in [0.3, 0.4) is 0 Å². The number of aryl methyl sites for hydroxylation is 1. The summed E-state index contributed by atoms with van der Waals surface area (Å²) in [5, 5.41) is 4.42. The Balaban J connectivity index is 1.55. The lowest BCUT2D eigenvalue weighted by Gasteiger charge is -2.41. The molecule has 1 fully saturated rings. The van der Waals surface area contributed by atoms with Gasteiger partial charge in [-0.25, -0.2) is 0 Å². The monoisotopic (exact) mass is 364 g/mol. The van der Waals surface area contributed by atoms with Gasteiger partial charge in [-0.2, -0.15) is 5.10 Å². The Kier molecular flexibility index (Phi) is 4.58. The first-order valence-corrected chi connectivity index (χ1v) is 9.25. The fraction of sp³-hybridized carbons (Fsp3) is 0.333. The van der Waals surface area contributed by atoms with E-state index in [1.807, 2.05) is 24.1 Å². The first-order chi connectivity index (χ1) is 13.1. The molecule has 140 valence electrons. The molecule has 0 spiro atoms. The van der Waals surface area contributed by atoms with E-state index in [-0.39, 0.29) is 11.3 Å². The molecule has 0 aliphatic carbocycles. The highest BCUT2D eigenvalue weighted by atomic mass is 16.3. The van der Waals surface area contributed by atoms with Gasteiger partial charge in [0.15, 0.2) is 5.76 Å². The minimum absolute atomic E-state index is 0.00631. The molecule has 1 aliphatic rings. The van der Waals surface area contributed by atoms with Crippen LogP contribution in [0.5, 0.6) is 0 Å². The largest absolute Gasteiger partial charge is 0.463 e. The smallest absolute Gasteiger partial charge is 0.257 e. The molecule has 3 aromatic rings. The number of benzene rings is 1. The molecular weight excluding hydrogens is 340 g/mol. The maximum atomic E-state index is 13.2. The number of carbonyl (C=O) groups is 1. The van der Waals surface area contributed by atoms with Gasteiger partial charge in [-0.15, -0.1) is 0 Å². The normalized spacial score (nSPS) is 16.4. The fourth-order valence-corrected chi connectivity index (χ4v) is 3.95. The van der Waals surface area contributed by atoms with Crippen molar-refractivity contribution in [3.05, 3.63) is 66.1 Å². The number of carbonyl (C=O) groups excluding carboxylic acids is 1. The molecule has 2 aromatic heterocycles. The van der Waals surface area contributed by atoms with Crippen LogP contribution in [0.15, 0.2) is 59.3 Å². The molecule has 0 saturated carbocycles. The van der Waals surface area contributed by atoms with Gasteiger partial charge in [-0.05, 0) is 30.5 Å². The molecule has 6 nitrogen and oxygen atoms in total. The number of hydrogen-bond donors (Lipinski definition) is 1. The van der Waals surface area contributed by atoms with Gasteiger partial charge in [0.25, 0.3) is 5.91 Å². The Morgan fingerprint density at radius 3 is 2.56 bits per heavy atom. The first-order valence-electron chi connectivity index (χ1n) is 9.25. The number of hydrogen-bond acceptors (Lipinski definition) is 4. The molecule has 1 aliphatic heterocycles. The van der Waals surface area contributed by atoms with Gasteiger partial charge in [0.2, 0.25) is 0 Å². The maximum absolute atomic E-state index is 13.2. The molecule has 0 atom stereocenters. The summed E-state index contributed by atoms with van der Waals surface area (Å²) in [5.74, 6) is 0.602. The molecule has 0 radical (unpaired) electrons. The number of piperidine rings is 1. The summed E-state index contributed by atoms with van der Waals surface area (Å²) in [6.07, 6.45) is 5.07. The molecule has 0 bridgehead atoms. The third kappa shape index (κ3) is 3.17.